The highest BCUT2D eigenvalue weighted by Crippen LogP contribution is 2.37. The first-order valence-corrected chi connectivity index (χ1v) is 11.0. The normalized spacial score (nSPS) is 14.8. The lowest BCUT2D eigenvalue weighted by Crippen LogP contribution is -2.45. The summed E-state index contributed by atoms with van der Waals surface area (Å²) in [6, 6.07) is 13.7. The fraction of sp³-hybridized carbons (Fsp3) is 0.333. The lowest BCUT2D eigenvalue weighted by atomic mass is 10.0. The fourth-order valence-electron chi connectivity index (χ4n) is 4.54. The zero-order valence-electron chi connectivity index (χ0n) is 19.0. The first-order valence-electron chi connectivity index (χ1n) is 11.0. The third-order valence-corrected chi connectivity index (χ3v) is 6.30. The molecule has 2 aromatic heterocycles. The molecule has 0 radical (unpaired) electrons. The molecule has 1 saturated heterocycles. The van der Waals surface area contributed by atoms with Gasteiger partial charge in [0.05, 0.1) is 22.7 Å². The molecule has 0 bridgehead atoms. The highest BCUT2D eigenvalue weighted by molar-refractivity contribution is 5.92. The van der Waals surface area contributed by atoms with Crippen molar-refractivity contribution < 1.29 is 9.45 Å². The van der Waals surface area contributed by atoms with Gasteiger partial charge in [0.1, 0.15) is 5.76 Å². The van der Waals surface area contributed by atoms with Gasteiger partial charge in [0, 0.05) is 37.8 Å². The predicted molar refractivity (Wildman–Crippen MR) is 127 cm³/mol. The van der Waals surface area contributed by atoms with Crippen LogP contribution >= 0.6 is 0 Å². The molecule has 2 aromatic carbocycles. The van der Waals surface area contributed by atoms with Gasteiger partial charge in [-0.3, -0.25) is 10.1 Å². The van der Waals surface area contributed by atoms with Gasteiger partial charge in [0.15, 0.2) is 5.52 Å². The largest absolute Gasteiger partial charge is 0.361 e. The van der Waals surface area contributed by atoms with Crippen LogP contribution in [0.3, 0.4) is 0 Å². The number of rotatable bonds is 5. The first-order chi connectivity index (χ1) is 15.9. The molecule has 0 atom stereocenters. The number of nitrogens with zero attached hydrogens (tertiary/aromatic N) is 6. The third kappa shape index (κ3) is 3.84. The van der Waals surface area contributed by atoms with Crippen LogP contribution in [0.25, 0.3) is 22.2 Å². The van der Waals surface area contributed by atoms with E-state index in [0.29, 0.717) is 29.1 Å². The molecule has 170 valence electrons. The van der Waals surface area contributed by atoms with Crippen molar-refractivity contribution in [2.24, 2.45) is 0 Å². The molecule has 1 aliphatic heterocycles. The van der Waals surface area contributed by atoms with E-state index in [-0.39, 0.29) is 10.6 Å². The lowest BCUT2D eigenvalue weighted by Gasteiger charge is -2.33. The second kappa shape index (κ2) is 8.32. The smallest absolute Gasteiger partial charge is 0.297 e. The second-order valence-electron chi connectivity index (χ2n) is 8.59. The van der Waals surface area contributed by atoms with Crippen LogP contribution in [0, 0.1) is 24.0 Å². The number of nitro benzene ring substituents is 1. The van der Waals surface area contributed by atoms with Gasteiger partial charge in [-0.1, -0.05) is 35.5 Å². The minimum atomic E-state index is -0.350. The number of imidazole rings is 1. The van der Waals surface area contributed by atoms with Crippen molar-refractivity contribution in [3.05, 3.63) is 69.6 Å². The molecule has 9 nitrogen and oxygen atoms in total. The Morgan fingerprint density at radius 3 is 2.45 bits per heavy atom. The van der Waals surface area contributed by atoms with E-state index in [1.165, 1.54) is 0 Å². The topological polar surface area (TPSA) is 93.5 Å². The highest BCUT2D eigenvalue weighted by Gasteiger charge is 2.27. The average molecular weight is 447 g/mol. The Morgan fingerprint density at radius 1 is 1.09 bits per heavy atom. The summed E-state index contributed by atoms with van der Waals surface area (Å²) in [4.78, 5) is 21.1. The van der Waals surface area contributed by atoms with Gasteiger partial charge < -0.3 is 18.9 Å². The predicted octanol–water partition coefficient (Wildman–Crippen LogP) is 4.02. The number of benzene rings is 2. The highest BCUT2D eigenvalue weighted by atomic mass is 16.6. The molecule has 1 aliphatic rings. The van der Waals surface area contributed by atoms with Crippen LogP contribution in [-0.4, -0.2) is 57.8 Å². The Kier molecular flexibility index (Phi) is 5.33. The van der Waals surface area contributed by atoms with Crippen LogP contribution in [0.1, 0.15) is 17.0 Å². The van der Waals surface area contributed by atoms with Crippen LogP contribution in [0.15, 0.2) is 47.0 Å². The quantitative estimate of drug-likeness (QED) is 0.338. The summed E-state index contributed by atoms with van der Waals surface area (Å²) in [5.41, 5.74) is 4.44. The number of non-ortho nitro benzene ring substituents is 1. The summed E-state index contributed by atoms with van der Waals surface area (Å²) in [5, 5.41) is 16.1. The third-order valence-electron chi connectivity index (χ3n) is 6.30. The zero-order chi connectivity index (χ0) is 23.1. The maximum Gasteiger partial charge on any atom is 0.297 e. The molecule has 0 spiro atoms. The van der Waals surface area contributed by atoms with Gasteiger partial charge >= 0.3 is 0 Å². The van der Waals surface area contributed by atoms with E-state index in [9.17, 15) is 10.1 Å². The number of hydrogen-bond acceptors (Lipinski definition) is 7. The Labute approximate surface area is 191 Å². The average Bonchev–Trinajstić information content (AvgIpc) is 3.33. The second-order valence-corrected chi connectivity index (χ2v) is 8.59. The molecular formula is C24H26N6O3. The van der Waals surface area contributed by atoms with Crippen molar-refractivity contribution in [3.8, 4) is 11.1 Å². The van der Waals surface area contributed by atoms with Crippen molar-refractivity contribution in [1.29, 1.82) is 0 Å². The van der Waals surface area contributed by atoms with Gasteiger partial charge in [0.2, 0.25) is 5.95 Å². The maximum atomic E-state index is 12.1. The number of nitro groups is 1. The van der Waals surface area contributed by atoms with Crippen LogP contribution < -0.4 is 4.90 Å². The summed E-state index contributed by atoms with van der Waals surface area (Å²) in [5.74, 6) is 1.40. The van der Waals surface area contributed by atoms with E-state index in [4.69, 9.17) is 9.51 Å². The minimum Gasteiger partial charge on any atom is -0.361 e. The number of aryl methyl sites for hydroxylation is 2. The molecule has 0 N–H and O–H groups in total. The summed E-state index contributed by atoms with van der Waals surface area (Å²) < 4.78 is 7.45. The minimum absolute atomic E-state index is 0.00955. The van der Waals surface area contributed by atoms with E-state index < -0.39 is 0 Å². The van der Waals surface area contributed by atoms with Gasteiger partial charge in [-0.15, -0.1) is 0 Å². The number of aromatic nitrogens is 3. The molecular weight excluding hydrogens is 420 g/mol. The van der Waals surface area contributed by atoms with Gasteiger partial charge in [-0.2, -0.15) is 0 Å². The zero-order valence-corrected chi connectivity index (χ0v) is 19.0. The number of hydrogen-bond donors (Lipinski definition) is 0. The standard InChI is InChI=1S/C24H26N6O3/c1-16-22(17(2)33-26-16)19-13-20-23(21(14-19)30(31)32)25-24(28-11-9-27(3)10-12-28)29(20)15-18-7-5-4-6-8-18/h4-8,13-14H,9-12,15H2,1-3H3. The SMILES string of the molecule is Cc1noc(C)c1-c1cc([N+](=O)[O-])c2nc(N3CCN(C)CC3)n(Cc3ccccc3)c2c1. The number of piperazine rings is 1. The van der Waals surface area contributed by atoms with Gasteiger partial charge in [-0.25, -0.2) is 4.98 Å². The van der Waals surface area contributed by atoms with Crippen LogP contribution in [0.4, 0.5) is 11.6 Å². The molecule has 1 fully saturated rings. The molecule has 5 rings (SSSR count). The van der Waals surface area contributed by atoms with Crippen molar-refractivity contribution >= 4 is 22.7 Å². The van der Waals surface area contributed by atoms with Crippen LogP contribution in [-0.2, 0) is 6.54 Å². The summed E-state index contributed by atoms with van der Waals surface area (Å²) in [6.07, 6.45) is 0. The first kappa shape index (κ1) is 21.1. The van der Waals surface area contributed by atoms with E-state index >= 15 is 0 Å². The lowest BCUT2D eigenvalue weighted by molar-refractivity contribution is -0.383. The Hall–Kier alpha value is -3.72. The monoisotopic (exact) mass is 446 g/mol. The van der Waals surface area contributed by atoms with E-state index in [1.54, 1.807) is 6.07 Å². The maximum absolute atomic E-state index is 12.1. The van der Waals surface area contributed by atoms with Gasteiger partial charge in [0.25, 0.3) is 5.69 Å². The summed E-state index contributed by atoms with van der Waals surface area (Å²) >= 11 is 0. The van der Waals surface area contributed by atoms with Crippen molar-refractivity contribution in [2.45, 2.75) is 20.4 Å². The Bertz CT molecular complexity index is 1300. The Balaban J connectivity index is 1.75. The van der Waals surface area contributed by atoms with Crippen molar-refractivity contribution in [2.75, 3.05) is 38.1 Å². The number of anilines is 1. The van der Waals surface area contributed by atoms with E-state index in [0.717, 1.165) is 48.8 Å². The number of fused-ring (bicyclic) bond motifs is 1. The number of likely N-dealkylation sites (N-methyl/N-ethyl adjacent to an activating group) is 1. The summed E-state index contributed by atoms with van der Waals surface area (Å²) in [7, 11) is 2.10. The van der Waals surface area contributed by atoms with Gasteiger partial charge in [-0.05, 0) is 38.1 Å². The van der Waals surface area contributed by atoms with Crippen molar-refractivity contribution in [1.82, 2.24) is 19.6 Å². The molecule has 4 aromatic rings. The molecule has 0 unspecified atom stereocenters. The molecule has 3 heterocycles. The van der Waals surface area contributed by atoms with Crippen LogP contribution in [0.2, 0.25) is 0 Å². The van der Waals surface area contributed by atoms with Crippen molar-refractivity contribution in [3.63, 3.8) is 0 Å². The van der Waals surface area contributed by atoms with Crippen LogP contribution in [0.5, 0.6) is 0 Å². The Morgan fingerprint density at radius 2 is 1.82 bits per heavy atom. The summed E-state index contributed by atoms with van der Waals surface area (Å²) in [6.45, 7) is 7.71. The molecule has 0 saturated carbocycles. The molecule has 9 heteroatoms. The molecule has 0 aliphatic carbocycles. The van der Waals surface area contributed by atoms with E-state index in [2.05, 4.69) is 38.7 Å². The fourth-order valence-corrected chi connectivity index (χ4v) is 4.54. The molecule has 33 heavy (non-hydrogen) atoms. The molecule has 0 amide bonds. The van der Waals surface area contributed by atoms with E-state index in [1.807, 2.05) is 38.1 Å².